The Morgan fingerprint density at radius 2 is 2.00 bits per heavy atom. The van der Waals surface area contributed by atoms with E-state index in [1.165, 1.54) is 25.0 Å². The lowest BCUT2D eigenvalue weighted by Gasteiger charge is -2.21. The van der Waals surface area contributed by atoms with Crippen LogP contribution in [0.15, 0.2) is 22.7 Å². The molecule has 1 aromatic carbocycles. The quantitative estimate of drug-likeness (QED) is 0.869. The molecule has 1 unspecified atom stereocenters. The van der Waals surface area contributed by atoms with E-state index in [0.717, 1.165) is 26.1 Å². The van der Waals surface area contributed by atoms with Crippen molar-refractivity contribution in [2.75, 3.05) is 24.5 Å². The molecule has 6 heteroatoms. The van der Waals surface area contributed by atoms with Crippen molar-refractivity contribution in [3.8, 4) is 0 Å². The molecule has 1 saturated carbocycles. The number of benzene rings is 1. The molecule has 1 aliphatic carbocycles. The van der Waals surface area contributed by atoms with Crippen molar-refractivity contribution in [3.05, 3.63) is 28.2 Å². The average molecular weight is 363 g/mol. The molecule has 1 saturated heterocycles. The molecule has 116 valence electrons. The molecular formula is C15H18BrF3N2. The fourth-order valence-corrected chi connectivity index (χ4v) is 3.25. The lowest BCUT2D eigenvalue weighted by atomic mass is 10.1. The Labute approximate surface area is 130 Å². The molecule has 0 amide bonds. The highest BCUT2D eigenvalue weighted by molar-refractivity contribution is 9.10. The number of nitrogens with zero attached hydrogens (tertiary/aromatic N) is 1. The summed E-state index contributed by atoms with van der Waals surface area (Å²) in [5.41, 5.74) is 0.0685. The van der Waals surface area contributed by atoms with Gasteiger partial charge in [-0.1, -0.05) is 15.9 Å². The van der Waals surface area contributed by atoms with Gasteiger partial charge in [0.2, 0.25) is 0 Å². The Bertz CT molecular complexity index is 514. The number of rotatable bonds is 4. The maximum Gasteiger partial charge on any atom is 0.417 e. The fraction of sp³-hybridized carbons (Fsp3) is 0.600. The Balaban J connectivity index is 1.66. The molecule has 1 N–H and O–H groups in total. The summed E-state index contributed by atoms with van der Waals surface area (Å²) in [6.07, 6.45) is -0.755. The number of hydrogen-bond acceptors (Lipinski definition) is 2. The third kappa shape index (κ3) is 3.72. The van der Waals surface area contributed by atoms with Crippen molar-refractivity contribution < 1.29 is 13.2 Å². The van der Waals surface area contributed by atoms with Gasteiger partial charge >= 0.3 is 6.18 Å². The highest BCUT2D eigenvalue weighted by Crippen LogP contribution is 2.38. The van der Waals surface area contributed by atoms with Gasteiger partial charge in [-0.15, -0.1) is 0 Å². The molecule has 1 aromatic rings. The van der Waals surface area contributed by atoms with E-state index in [9.17, 15) is 13.2 Å². The second kappa shape index (κ2) is 5.80. The molecule has 1 aliphatic heterocycles. The number of halogens is 4. The summed E-state index contributed by atoms with van der Waals surface area (Å²) in [6, 6.07) is 5.19. The maximum atomic E-state index is 13.0. The first-order valence-corrected chi connectivity index (χ1v) is 8.08. The monoisotopic (exact) mass is 362 g/mol. The summed E-state index contributed by atoms with van der Waals surface area (Å²) in [4.78, 5) is 2.06. The summed E-state index contributed by atoms with van der Waals surface area (Å²) < 4.78 is 39.0. The minimum Gasteiger partial charge on any atom is -0.371 e. The van der Waals surface area contributed by atoms with E-state index in [4.69, 9.17) is 0 Å². The second-order valence-corrected chi connectivity index (χ2v) is 6.80. The maximum absolute atomic E-state index is 13.0. The summed E-state index contributed by atoms with van der Waals surface area (Å²) in [6.45, 7) is 2.64. The van der Waals surface area contributed by atoms with Crippen LogP contribution in [0.4, 0.5) is 18.9 Å². The first-order chi connectivity index (χ1) is 9.93. The van der Waals surface area contributed by atoms with E-state index in [-0.39, 0.29) is 4.47 Å². The Morgan fingerprint density at radius 1 is 1.24 bits per heavy atom. The van der Waals surface area contributed by atoms with Crippen LogP contribution < -0.4 is 10.2 Å². The molecule has 2 nitrogen and oxygen atoms in total. The number of anilines is 1. The SMILES string of the molecule is FC(F)(F)c1cc(N2CCC(CNC3CC3)C2)ccc1Br. The van der Waals surface area contributed by atoms with Crippen molar-refractivity contribution in [1.82, 2.24) is 5.32 Å². The molecule has 0 spiro atoms. The van der Waals surface area contributed by atoms with Crippen LogP contribution >= 0.6 is 15.9 Å². The van der Waals surface area contributed by atoms with Gasteiger partial charge in [-0.2, -0.15) is 13.2 Å². The molecule has 2 fully saturated rings. The summed E-state index contributed by atoms with van der Waals surface area (Å²) >= 11 is 2.99. The van der Waals surface area contributed by atoms with Crippen molar-refractivity contribution >= 4 is 21.6 Å². The van der Waals surface area contributed by atoms with Gasteiger partial charge in [0.05, 0.1) is 5.56 Å². The third-order valence-corrected chi connectivity index (χ3v) is 4.87. The van der Waals surface area contributed by atoms with Gasteiger partial charge in [0.25, 0.3) is 0 Å². The highest BCUT2D eigenvalue weighted by Gasteiger charge is 2.34. The van der Waals surface area contributed by atoms with Gasteiger partial charge in [0, 0.05) is 29.3 Å². The average Bonchev–Trinajstić information content (AvgIpc) is 3.13. The van der Waals surface area contributed by atoms with Gasteiger partial charge in [0.1, 0.15) is 0 Å². The third-order valence-electron chi connectivity index (χ3n) is 4.18. The largest absolute Gasteiger partial charge is 0.417 e. The molecule has 21 heavy (non-hydrogen) atoms. The van der Waals surface area contributed by atoms with Gasteiger partial charge in [-0.25, -0.2) is 0 Å². The lowest BCUT2D eigenvalue weighted by molar-refractivity contribution is -0.138. The van der Waals surface area contributed by atoms with Gasteiger partial charge in [0.15, 0.2) is 0 Å². The first-order valence-electron chi connectivity index (χ1n) is 7.28. The molecule has 2 aliphatic rings. The molecule has 3 rings (SSSR count). The molecule has 1 atom stereocenters. The Morgan fingerprint density at radius 3 is 2.67 bits per heavy atom. The zero-order valence-electron chi connectivity index (χ0n) is 11.6. The standard InChI is InChI=1S/C15H18BrF3N2/c16-14-4-3-12(7-13(14)15(17,18)19)21-6-5-10(9-21)8-20-11-1-2-11/h3-4,7,10-11,20H,1-2,5-6,8-9H2. The van der Waals surface area contributed by atoms with E-state index in [0.29, 0.717) is 17.6 Å². The van der Waals surface area contributed by atoms with Crippen LogP contribution in [0.25, 0.3) is 0 Å². The number of hydrogen-bond donors (Lipinski definition) is 1. The van der Waals surface area contributed by atoms with Crippen LogP contribution in [0.5, 0.6) is 0 Å². The summed E-state index contributed by atoms with van der Waals surface area (Å²) in [5.74, 6) is 0.531. The van der Waals surface area contributed by atoms with Crippen molar-refractivity contribution in [2.24, 2.45) is 5.92 Å². The van der Waals surface area contributed by atoms with Crippen molar-refractivity contribution in [1.29, 1.82) is 0 Å². The van der Waals surface area contributed by atoms with E-state index in [1.54, 1.807) is 6.07 Å². The second-order valence-electron chi connectivity index (χ2n) is 5.95. The highest BCUT2D eigenvalue weighted by atomic mass is 79.9. The predicted octanol–water partition coefficient (Wildman–Crippen LogP) is 4.05. The van der Waals surface area contributed by atoms with Gasteiger partial charge in [-0.3, -0.25) is 0 Å². The van der Waals surface area contributed by atoms with Crippen LogP contribution in [-0.2, 0) is 6.18 Å². The van der Waals surface area contributed by atoms with E-state index < -0.39 is 11.7 Å². The normalized spacial score (nSPS) is 22.9. The molecule has 0 bridgehead atoms. The fourth-order valence-electron chi connectivity index (χ4n) is 2.78. The first kappa shape index (κ1) is 15.2. The van der Waals surface area contributed by atoms with Gasteiger partial charge in [-0.05, 0) is 49.9 Å². The zero-order valence-corrected chi connectivity index (χ0v) is 13.2. The van der Waals surface area contributed by atoms with Crippen LogP contribution in [0.3, 0.4) is 0 Å². The van der Waals surface area contributed by atoms with Crippen molar-refractivity contribution in [2.45, 2.75) is 31.5 Å². The van der Waals surface area contributed by atoms with Crippen molar-refractivity contribution in [3.63, 3.8) is 0 Å². The number of nitrogens with one attached hydrogen (secondary N) is 1. The van der Waals surface area contributed by atoms with Gasteiger partial charge < -0.3 is 10.2 Å². The van der Waals surface area contributed by atoms with Crippen LogP contribution in [0, 0.1) is 5.92 Å². The smallest absolute Gasteiger partial charge is 0.371 e. The number of alkyl halides is 3. The predicted molar refractivity (Wildman–Crippen MR) is 80.5 cm³/mol. The van der Waals surface area contributed by atoms with E-state index >= 15 is 0 Å². The minimum absolute atomic E-state index is 0.102. The Kier molecular flexibility index (Phi) is 4.19. The van der Waals surface area contributed by atoms with E-state index in [1.807, 2.05) is 0 Å². The zero-order chi connectivity index (χ0) is 15.0. The lowest BCUT2D eigenvalue weighted by Crippen LogP contribution is -2.27. The summed E-state index contributed by atoms with van der Waals surface area (Å²) in [5, 5.41) is 3.50. The molecule has 0 aromatic heterocycles. The topological polar surface area (TPSA) is 15.3 Å². The van der Waals surface area contributed by atoms with Crippen LogP contribution in [-0.4, -0.2) is 25.7 Å². The summed E-state index contributed by atoms with van der Waals surface area (Å²) in [7, 11) is 0. The molecular weight excluding hydrogens is 345 g/mol. The molecule has 1 heterocycles. The van der Waals surface area contributed by atoms with E-state index in [2.05, 4.69) is 26.1 Å². The minimum atomic E-state index is -4.32. The Hall–Kier alpha value is -0.750. The van der Waals surface area contributed by atoms with Crippen LogP contribution in [0.1, 0.15) is 24.8 Å². The van der Waals surface area contributed by atoms with Crippen LogP contribution in [0.2, 0.25) is 0 Å². The molecule has 0 radical (unpaired) electrons.